The molecule has 0 bridgehead atoms. The van der Waals surface area contributed by atoms with E-state index in [0.29, 0.717) is 16.3 Å². The number of rotatable bonds is 5. The zero-order chi connectivity index (χ0) is 21.9. The summed E-state index contributed by atoms with van der Waals surface area (Å²) in [5.74, 6) is -0.466. The monoisotopic (exact) mass is 421 g/mol. The average molecular weight is 422 g/mol. The van der Waals surface area contributed by atoms with Gasteiger partial charge in [0.2, 0.25) is 5.91 Å². The van der Waals surface area contributed by atoms with Gasteiger partial charge in [0.1, 0.15) is 10.9 Å². The highest BCUT2D eigenvalue weighted by Gasteiger charge is 2.36. The number of carbonyl (C=O) groups is 2. The van der Waals surface area contributed by atoms with E-state index >= 15 is 0 Å². The third-order valence-electron chi connectivity index (χ3n) is 4.47. The minimum Gasteiger partial charge on any atom is -0.349 e. The van der Waals surface area contributed by atoms with Crippen molar-refractivity contribution in [3.8, 4) is 0 Å². The summed E-state index contributed by atoms with van der Waals surface area (Å²) in [6.45, 7) is 9.49. The number of thiazole rings is 1. The SMILES string of the molecule is Cc1nc(C)c(C(=O)N(c2ccccc2)[C@H](C(=O)NC(C)(C)C)c2ccccc2)s1. The summed E-state index contributed by atoms with van der Waals surface area (Å²) in [5, 5.41) is 3.87. The molecule has 0 saturated carbocycles. The summed E-state index contributed by atoms with van der Waals surface area (Å²) < 4.78 is 0. The molecule has 30 heavy (non-hydrogen) atoms. The molecule has 0 radical (unpaired) electrons. The summed E-state index contributed by atoms with van der Waals surface area (Å²) in [6, 6.07) is 17.9. The number of nitrogens with one attached hydrogen (secondary N) is 1. The van der Waals surface area contributed by atoms with Crippen LogP contribution in [-0.4, -0.2) is 22.3 Å². The van der Waals surface area contributed by atoms with Gasteiger partial charge in [0.25, 0.3) is 5.91 Å². The number of para-hydroxylation sites is 1. The van der Waals surface area contributed by atoms with Crippen LogP contribution < -0.4 is 10.2 Å². The molecule has 1 N–H and O–H groups in total. The third-order valence-corrected chi connectivity index (χ3v) is 5.53. The Hall–Kier alpha value is -2.99. The number of hydrogen-bond donors (Lipinski definition) is 1. The van der Waals surface area contributed by atoms with E-state index < -0.39 is 11.6 Å². The highest BCUT2D eigenvalue weighted by molar-refractivity contribution is 7.13. The lowest BCUT2D eigenvalue weighted by molar-refractivity contribution is -0.123. The fourth-order valence-electron chi connectivity index (χ4n) is 3.30. The minimum atomic E-state index is -0.817. The number of aryl methyl sites for hydroxylation is 2. The Morgan fingerprint density at radius 1 is 0.967 bits per heavy atom. The van der Waals surface area contributed by atoms with Gasteiger partial charge in [-0.1, -0.05) is 48.5 Å². The molecule has 0 fully saturated rings. The predicted molar refractivity (Wildman–Crippen MR) is 122 cm³/mol. The molecule has 1 aromatic heterocycles. The molecule has 156 valence electrons. The van der Waals surface area contributed by atoms with E-state index in [2.05, 4.69) is 10.3 Å². The van der Waals surface area contributed by atoms with E-state index in [4.69, 9.17) is 0 Å². The van der Waals surface area contributed by atoms with Gasteiger partial charge in [0.05, 0.1) is 10.7 Å². The third kappa shape index (κ3) is 4.94. The van der Waals surface area contributed by atoms with Crippen LogP contribution in [0.4, 0.5) is 5.69 Å². The second kappa shape index (κ2) is 8.79. The maximum absolute atomic E-state index is 13.8. The van der Waals surface area contributed by atoms with Crippen molar-refractivity contribution in [3.63, 3.8) is 0 Å². The largest absolute Gasteiger partial charge is 0.349 e. The first kappa shape index (κ1) is 21.7. The average Bonchev–Trinajstić information content (AvgIpc) is 3.03. The van der Waals surface area contributed by atoms with E-state index in [-0.39, 0.29) is 11.8 Å². The van der Waals surface area contributed by atoms with E-state index in [9.17, 15) is 9.59 Å². The Kier molecular flexibility index (Phi) is 6.37. The quantitative estimate of drug-likeness (QED) is 0.626. The molecule has 0 saturated heterocycles. The first-order chi connectivity index (χ1) is 14.2. The molecule has 0 aliphatic rings. The fraction of sp³-hybridized carbons (Fsp3) is 0.292. The van der Waals surface area contributed by atoms with Crippen molar-refractivity contribution < 1.29 is 9.59 Å². The summed E-state index contributed by atoms with van der Waals surface area (Å²) in [6.07, 6.45) is 0. The summed E-state index contributed by atoms with van der Waals surface area (Å²) in [4.78, 5) is 33.8. The van der Waals surface area contributed by atoms with Crippen molar-refractivity contribution in [1.29, 1.82) is 0 Å². The number of nitrogens with zero attached hydrogens (tertiary/aromatic N) is 2. The molecular formula is C24H27N3O2S. The van der Waals surface area contributed by atoms with Crippen LogP contribution in [0.25, 0.3) is 0 Å². The van der Waals surface area contributed by atoms with Crippen molar-refractivity contribution in [2.75, 3.05) is 4.90 Å². The van der Waals surface area contributed by atoms with Crippen molar-refractivity contribution in [2.24, 2.45) is 0 Å². The molecular weight excluding hydrogens is 394 g/mol. The van der Waals surface area contributed by atoms with Gasteiger partial charge in [-0.2, -0.15) is 0 Å². The first-order valence-electron chi connectivity index (χ1n) is 9.87. The van der Waals surface area contributed by atoms with Gasteiger partial charge in [-0.05, 0) is 52.3 Å². The molecule has 0 aliphatic carbocycles. The maximum atomic E-state index is 13.8. The first-order valence-corrected chi connectivity index (χ1v) is 10.7. The van der Waals surface area contributed by atoms with E-state index in [1.165, 1.54) is 11.3 Å². The Morgan fingerprint density at radius 2 is 1.53 bits per heavy atom. The van der Waals surface area contributed by atoms with Gasteiger partial charge in [-0.3, -0.25) is 14.5 Å². The molecule has 0 unspecified atom stereocenters. The Morgan fingerprint density at radius 3 is 2.03 bits per heavy atom. The number of amides is 2. The van der Waals surface area contributed by atoms with Gasteiger partial charge < -0.3 is 5.32 Å². The number of anilines is 1. The smallest absolute Gasteiger partial charge is 0.271 e. The van der Waals surface area contributed by atoms with Crippen LogP contribution in [-0.2, 0) is 4.79 Å². The normalized spacial score (nSPS) is 12.3. The van der Waals surface area contributed by atoms with Crippen molar-refractivity contribution in [1.82, 2.24) is 10.3 Å². The Labute approximate surface area is 181 Å². The maximum Gasteiger partial charge on any atom is 0.271 e. The van der Waals surface area contributed by atoms with E-state index in [1.54, 1.807) is 4.90 Å². The van der Waals surface area contributed by atoms with Crippen molar-refractivity contribution in [2.45, 2.75) is 46.2 Å². The van der Waals surface area contributed by atoms with Crippen LogP contribution >= 0.6 is 11.3 Å². The van der Waals surface area contributed by atoms with Crippen LogP contribution in [0.15, 0.2) is 60.7 Å². The molecule has 3 aromatic rings. The molecule has 2 amide bonds. The summed E-state index contributed by atoms with van der Waals surface area (Å²) in [5.41, 5.74) is 1.64. The van der Waals surface area contributed by atoms with E-state index in [0.717, 1.165) is 10.6 Å². The van der Waals surface area contributed by atoms with E-state index in [1.807, 2.05) is 95.3 Å². The zero-order valence-electron chi connectivity index (χ0n) is 18.0. The number of aromatic nitrogens is 1. The molecule has 1 atom stereocenters. The van der Waals surface area contributed by atoms with Gasteiger partial charge in [-0.15, -0.1) is 11.3 Å². The van der Waals surface area contributed by atoms with Crippen LogP contribution in [0, 0.1) is 13.8 Å². The van der Waals surface area contributed by atoms with Crippen LogP contribution in [0.2, 0.25) is 0 Å². The molecule has 5 nitrogen and oxygen atoms in total. The molecule has 3 rings (SSSR count). The fourth-order valence-corrected chi connectivity index (χ4v) is 4.16. The topological polar surface area (TPSA) is 62.3 Å². The number of benzene rings is 2. The Balaban J connectivity index is 2.17. The predicted octanol–water partition coefficient (Wildman–Crippen LogP) is 5.06. The standard InChI is InChI=1S/C24H27N3O2S/c1-16-21(30-17(2)25-16)23(29)27(19-14-10-7-11-15-19)20(18-12-8-6-9-13-18)22(28)26-24(3,4)5/h6-15,20H,1-5H3,(H,26,28)/t20-/m0/s1. The molecule has 6 heteroatoms. The minimum absolute atomic E-state index is 0.232. The lowest BCUT2D eigenvalue weighted by Crippen LogP contribution is -2.49. The van der Waals surface area contributed by atoms with Gasteiger partial charge in [-0.25, -0.2) is 4.98 Å². The summed E-state index contributed by atoms with van der Waals surface area (Å²) >= 11 is 1.35. The molecule has 0 spiro atoms. The second-order valence-corrected chi connectivity index (χ2v) is 9.41. The zero-order valence-corrected chi connectivity index (χ0v) is 18.8. The highest BCUT2D eigenvalue weighted by Crippen LogP contribution is 2.32. The van der Waals surface area contributed by atoms with Crippen molar-refractivity contribution in [3.05, 3.63) is 81.8 Å². The van der Waals surface area contributed by atoms with Gasteiger partial charge >= 0.3 is 0 Å². The van der Waals surface area contributed by atoms with Crippen LogP contribution in [0.3, 0.4) is 0 Å². The van der Waals surface area contributed by atoms with Crippen LogP contribution in [0.5, 0.6) is 0 Å². The summed E-state index contributed by atoms with van der Waals surface area (Å²) in [7, 11) is 0. The van der Waals surface area contributed by atoms with Gasteiger partial charge in [0.15, 0.2) is 0 Å². The number of carbonyl (C=O) groups excluding carboxylic acids is 2. The van der Waals surface area contributed by atoms with Crippen LogP contribution in [0.1, 0.15) is 52.7 Å². The Bertz CT molecular complexity index is 1020. The molecule has 0 aliphatic heterocycles. The van der Waals surface area contributed by atoms with Gasteiger partial charge in [0, 0.05) is 11.2 Å². The lowest BCUT2D eigenvalue weighted by atomic mass is 10.0. The highest BCUT2D eigenvalue weighted by atomic mass is 32.1. The molecule has 2 aromatic carbocycles. The number of hydrogen-bond acceptors (Lipinski definition) is 4. The molecule has 1 heterocycles. The lowest BCUT2D eigenvalue weighted by Gasteiger charge is -2.33. The van der Waals surface area contributed by atoms with Crippen molar-refractivity contribution >= 4 is 28.8 Å². The second-order valence-electron chi connectivity index (χ2n) is 8.21.